The van der Waals surface area contributed by atoms with Crippen molar-refractivity contribution in [3.8, 4) is 0 Å². The number of hydrogen-bond acceptors (Lipinski definition) is 12. The van der Waals surface area contributed by atoms with Gasteiger partial charge in [-0.1, -0.05) is 0 Å². The number of aromatic nitrogens is 4. The van der Waals surface area contributed by atoms with Crippen LogP contribution in [0.4, 0.5) is 5.82 Å². The number of nitrogens with zero attached hydrogens (tertiary/aromatic N) is 5. The summed E-state index contributed by atoms with van der Waals surface area (Å²) < 4.78 is 29.4. The SMILES string of the molecule is O=[N+]([O-])OC[C@H]1O[C@@H](n2cnc3c(N[C@H]4CCC[C@@H]4O)ncnc32)[C@@H]2OP(=O)(O)O[C@@H]21. The van der Waals surface area contributed by atoms with E-state index in [4.69, 9.17) is 13.8 Å². The van der Waals surface area contributed by atoms with Gasteiger partial charge in [-0.15, -0.1) is 10.1 Å². The van der Waals surface area contributed by atoms with Crippen molar-refractivity contribution in [2.45, 2.75) is 55.9 Å². The quantitative estimate of drug-likeness (QED) is 0.301. The zero-order chi connectivity index (χ0) is 21.8. The van der Waals surface area contributed by atoms with E-state index < -0.39 is 50.2 Å². The molecule has 3 N–H and O–H groups in total. The lowest BCUT2D eigenvalue weighted by atomic mass is 10.1. The molecule has 0 amide bonds. The summed E-state index contributed by atoms with van der Waals surface area (Å²) in [6.07, 6.45) is 0.465. The van der Waals surface area contributed by atoms with Crippen LogP contribution in [-0.2, 0) is 23.2 Å². The molecular weight excluding hydrogens is 439 g/mol. The predicted octanol–water partition coefficient (Wildman–Crippen LogP) is 0.142. The first-order chi connectivity index (χ1) is 14.8. The highest BCUT2D eigenvalue weighted by atomic mass is 31.2. The Morgan fingerprint density at radius 1 is 1.32 bits per heavy atom. The first-order valence-corrected chi connectivity index (χ1v) is 11.1. The van der Waals surface area contributed by atoms with E-state index in [1.807, 2.05) is 0 Å². The molecule has 2 saturated heterocycles. The topological polar surface area (TPSA) is 193 Å². The van der Waals surface area contributed by atoms with Gasteiger partial charge < -0.3 is 24.9 Å². The van der Waals surface area contributed by atoms with E-state index in [-0.39, 0.29) is 6.04 Å². The smallest absolute Gasteiger partial charge is 0.391 e. The second kappa shape index (κ2) is 7.62. The fraction of sp³-hybridized carbons (Fsp3) is 0.667. The van der Waals surface area contributed by atoms with Crippen molar-refractivity contribution >= 4 is 24.8 Å². The number of phosphoric ester groups is 1. The molecule has 2 aromatic rings. The summed E-state index contributed by atoms with van der Waals surface area (Å²) in [4.78, 5) is 37.4. The Balaban J connectivity index is 1.45. The number of ether oxygens (including phenoxy) is 1. The minimum Gasteiger partial charge on any atom is -0.391 e. The molecule has 7 atom stereocenters. The molecule has 3 fully saturated rings. The number of imidazole rings is 1. The molecule has 31 heavy (non-hydrogen) atoms. The van der Waals surface area contributed by atoms with E-state index in [1.165, 1.54) is 17.2 Å². The summed E-state index contributed by atoms with van der Waals surface area (Å²) in [6, 6.07) is -0.161. The van der Waals surface area contributed by atoms with Crippen molar-refractivity contribution in [2.75, 3.05) is 11.9 Å². The van der Waals surface area contributed by atoms with Crippen molar-refractivity contribution in [2.24, 2.45) is 0 Å². The van der Waals surface area contributed by atoms with Gasteiger partial charge in [0.05, 0.1) is 18.5 Å². The molecule has 3 aliphatic rings. The first kappa shape index (κ1) is 20.5. The van der Waals surface area contributed by atoms with Crippen LogP contribution in [0.2, 0.25) is 0 Å². The summed E-state index contributed by atoms with van der Waals surface area (Å²) >= 11 is 0. The van der Waals surface area contributed by atoms with Gasteiger partial charge in [-0.3, -0.25) is 13.6 Å². The molecule has 4 heterocycles. The average molecular weight is 458 g/mol. The van der Waals surface area contributed by atoms with Crippen molar-refractivity contribution in [1.82, 2.24) is 19.5 Å². The Labute approximate surface area is 174 Å². The van der Waals surface area contributed by atoms with Crippen molar-refractivity contribution < 1.29 is 38.3 Å². The third kappa shape index (κ3) is 3.73. The summed E-state index contributed by atoms with van der Waals surface area (Å²) in [7, 11) is -4.35. The number of rotatable bonds is 6. The predicted molar refractivity (Wildman–Crippen MR) is 99.0 cm³/mol. The molecule has 1 unspecified atom stereocenters. The molecule has 0 aromatic carbocycles. The molecule has 1 aliphatic carbocycles. The molecule has 0 spiro atoms. The van der Waals surface area contributed by atoms with Gasteiger partial charge in [0.15, 0.2) is 23.2 Å². The molecule has 0 radical (unpaired) electrons. The van der Waals surface area contributed by atoms with Crippen LogP contribution in [-0.4, -0.2) is 71.7 Å². The van der Waals surface area contributed by atoms with E-state index in [0.717, 1.165) is 12.8 Å². The third-order valence-corrected chi connectivity index (χ3v) is 6.59. The van der Waals surface area contributed by atoms with Crippen molar-refractivity contribution in [3.63, 3.8) is 0 Å². The van der Waals surface area contributed by atoms with Crippen molar-refractivity contribution in [1.29, 1.82) is 0 Å². The fourth-order valence-corrected chi connectivity index (χ4v) is 5.35. The van der Waals surface area contributed by atoms with Gasteiger partial charge in [0.2, 0.25) is 0 Å². The molecule has 1 saturated carbocycles. The standard InChI is InChI=1S/C15H19N6O9P/c22-8-3-1-2-7(8)19-13-10-14(17-5-16-13)20(6-18-10)15-12-11(29-31(25,26)30-12)9(28-15)4-27-21(23)24/h5-9,11-12,15,22H,1-4H2,(H,25,26)(H,16,17,19)/t7-,8-,9+,11+,12+,15+/m0/s1. The zero-order valence-electron chi connectivity index (χ0n) is 15.9. The van der Waals surface area contributed by atoms with Crippen LogP contribution >= 0.6 is 7.82 Å². The number of aliphatic hydroxyl groups is 1. The third-order valence-electron chi connectivity index (χ3n) is 5.57. The number of phosphoric acid groups is 1. The minimum absolute atomic E-state index is 0.161. The van der Waals surface area contributed by atoms with Crippen LogP contribution in [0.15, 0.2) is 12.7 Å². The number of anilines is 1. The van der Waals surface area contributed by atoms with Gasteiger partial charge in [-0.2, -0.15) is 0 Å². The Morgan fingerprint density at radius 2 is 2.13 bits per heavy atom. The number of hydrogen-bond donors (Lipinski definition) is 3. The number of fused-ring (bicyclic) bond motifs is 2. The van der Waals surface area contributed by atoms with Crippen LogP contribution in [0.5, 0.6) is 0 Å². The molecular formula is C15H19N6O9P. The Morgan fingerprint density at radius 3 is 2.87 bits per heavy atom. The second-order valence-corrected chi connectivity index (χ2v) is 8.85. The van der Waals surface area contributed by atoms with E-state index in [0.29, 0.717) is 23.4 Å². The lowest BCUT2D eigenvalue weighted by molar-refractivity contribution is -0.759. The largest absolute Gasteiger partial charge is 0.473 e. The molecule has 16 heteroatoms. The van der Waals surface area contributed by atoms with Crippen LogP contribution < -0.4 is 5.32 Å². The van der Waals surface area contributed by atoms with Gasteiger partial charge >= 0.3 is 7.82 Å². The Kier molecular flexibility index (Phi) is 5.03. The molecule has 2 aliphatic heterocycles. The highest BCUT2D eigenvalue weighted by Crippen LogP contribution is 2.58. The summed E-state index contributed by atoms with van der Waals surface area (Å²) in [6.45, 7) is -0.512. The maximum absolute atomic E-state index is 12.0. The highest BCUT2D eigenvalue weighted by Gasteiger charge is 2.58. The minimum atomic E-state index is -4.35. The maximum atomic E-state index is 12.0. The van der Waals surface area contributed by atoms with E-state index in [2.05, 4.69) is 25.1 Å². The number of aliphatic hydroxyl groups excluding tert-OH is 1. The molecule has 2 aromatic heterocycles. The first-order valence-electron chi connectivity index (χ1n) is 9.57. The summed E-state index contributed by atoms with van der Waals surface area (Å²) in [5.41, 5.74) is 0.741. The Bertz CT molecular complexity index is 1050. The van der Waals surface area contributed by atoms with Gasteiger partial charge in [-0.25, -0.2) is 19.5 Å². The number of nitrogens with one attached hydrogen (secondary N) is 1. The maximum Gasteiger partial charge on any atom is 0.473 e. The highest BCUT2D eigenvalue weighted by molar-refractivity contribution is 7.47. The van der Waals surface area contributed by atoms with Crippen LogP contribution in [0, 0.1) is 10.1 Å². The van der Waals surface area contributed by atoms with Crippen LogP contribution in [0.25, 0.3) is 11.2 Å². The Hall–Kier alpha value is -2.42. The summed E-state index contributed by atoms with van der Waals surface area (Å²) in [5.74, 6) is 0.425. The van der Waals surface area contributed by atoms with E-state index >= 15 is 0 Å². The van der Waals surface area contributed by atoms with Gasteiger partial charge in [0.1, 0.15) is 31.2 Å². The normalized spacial score (nSPS) is 37.2. The van der Waals surface area contributed by atoms with Gasteiger partial charge in [0, 0.05) is 0 Å². The zero-order valence-corrected chi connectivity index (χ0v) is 16.8. The van der Waals surface area contributed by atoms with Crippen LogP contribution in [0.1, 0.15) is 25.5 Å². The molecule has 5 rings (SSSR count). The van der Waals surface area contributed by atoms with Crippen molar-refractivity contribution in [3.05, 3.63) is 22.8 Å². The van der Waals surface area contributed by atoms with Crippen LogP contribution in [0.3, 0.4) is 0 Å². The fourth-order valence-electron chi connectivity index (χ4n) is 4.20. The molecule has 0 bridgehead atoms. The molecule has 15 nitrogen and oxygen atoms in total. The average Bonchev–Trinajstić information content (AvgIpc) is 3.44. The monoisotopic (exact) mass is 458 g/mol. The van der Waals surface area contributed by atoms with E-state index in [1.54, 1.807) is 0 Å². The van der Waals surface area contributed by atoms with E-state index in [9.17, 15) is 24.7 Å². The lowest BCUT2D eigenvalue weighted by Crippen LogP contribution is -2.32. The van der Waals surface area contributed by atoms with Gasteiger partial charge in [0.25, 0.3) is 5.09 Å². The molecule has 168 valence electrons. The second-order valence-electron chi connectivity index (χ2n) is 7.49. The lowest BCUT2D eigenvalue weighted by Gasteiger charge is -2.19. The van der Waals surface area contributed by atoms with Gasteiger partial charge in [-0.05, 0) is 19.3 Å². The summed E-state index contributed by atoms with van der Waals surface area (Å²) in [5, 5.41) is 22.8.